The van der Waals surface area contributed by atoms with Crippen molar-refractivity contribution >= 4 is 17.7 Å². The number of rotatable bonds is 2. The van der Waals surface area contributed by atoms with Crippen LogP contribution in [0.2, 0.25) is 0 Å². The predicted molar refractivity (Wildman–Crippen MR) is 47.8 cm³/mol. The summed E-state index contributed by atoms with van der Waals surface area (Å²) in [7, 11) is 0. The van der Waals surface area contributed by atoms with Gasteiger partial charge >= 0.3 is 12.0 Å². The van der Waals surface area contributed by atoms with Crippen molar-refractivity contribution in [1.82, 2.24) is 0 Å². The van der Waals surface area contributed by atoms with Crippen LogP contribution in [-0.2, 0) is 4.94 Å². The lowest BCUT2D eigenvalue weighted by Crippen LogP contribution is -2.19. The number of carbonyl (C=O) groups is 2. The molecule has 1 aromatic carbocycles. The first-order valence-electron chi connectivity index (χ1n) is 3.77. The van der Waals surface area contributed by atoms with Gasteiger partial charge in [-0.2, -0.15) is 0 Å². The highest BCUT2D eigenvalue weighted by Gasteiger charge is 2.11. The number of phenolic OH excluding ortho intramolecular Hbond substituents is 1. The van der Waals surface area contributed by atoms with Crippen molar-refractivity contribution in [2.75, 3.05) is 5.32 Å². The molecule has 0 heterocycles. The third-order valence-corrected chi connectivity index (χ3v) is 1.56. The Hall–Kier alpha value is -2.31. The van der Waals surface area contributed by atoms with Gasteiger partial charge in [-0.15, -0.1) is 0 Å². The molecule has 0 fully saturated rings. The minimum absolute atomic E-state index is 0.106. The van der Waals surface area contributed by atoms with E-state index >= 15 is 0 Å². The number of benzene rings is 1. The molecule has 0 aliphatic heterocycles. The lowest BCUT2D eigenvalue weighted by atomic mass is 10.2. The average molecular weight is 214 g/mol. The fraction of sp³-hybridized carbons (Fsp3) is 0. The van der Waals surface area contributed by atoms with Crippen LogP contribution in [0.4, 0.5) is 15.0 Å². The summed E-state index contributed by atoms with van der Waals surface area (Å²) in [6, 6.07) is 2.33. The Morgan fingerprint density at radius 2 is 2.13 bits per heavy atom. The predicted octanol–water partition coefficient (Wildman–Crippen LogP) is 0.924. The van der Waals surface area contributed by atoms with Gasteiger partial charge in [0.25, 0.3) is 0 Å². The molecule has 1 rings (SSSR count). The van der Waals surface area contributed by atoms with Crippen molar-refractivity contribution in [2.24, 2.45) is 5.73 Å². The molecular weight excluding hydrogens is 207 g/mol. The number of primary amides is 1. The molecule has 0 spiro atoms. The van der Waals surface area contributed by atoms with E-state index in [9.17, 15) is 19.2 Å². The Morgan fingerprint density at radius 3 is 2.67 bits per heavy atom. The summed E-state index contributed by atoms with van der Waals surface area (Å²) in [4.78, 5) is 24.2. The standard InChI is InChI=1S/C8H7FN2O4/c9-15-7(13)4-1-2-6(12)5(3-4)11-8(10)14/h1-3,12H,(H3,10,11,14). The number of halogens is 1. The number of urea groups is 1. The summed E-state index contributed by atoms with van der Waals surface area (Å²) in [6.45, 7) is 0. The van der Waals surface area contributed by atoms with E-state index in [-0.39, 0.29) is 17.0 Å². The largest absolute Gasteiger partial charge is 0.506 e. The van der Waals surface area contributed by atoms with Crippen LogP contribution < -0.4 is 11.1 Å². The van der Waals surface area contributed by atoms with Crippen LogP contribution in [-0.4, -0.2) is 17.1 Å². The van der Waals surface area contributed by atoms with Gasteiger partial charge in [0.15, 0.2) is 0 Å². The average Bonchev–Trinajstić information content (AvgIpc) is 2.19. The van der Waals surface area contributed by atoms with Gasteiger partial charge in [-0.1, -0.05) is 0 Å². The van der Waals surface area contributed by atoms with Crippen molar-refractivity contribution in [3.63, 3.8) is 0 Å². The van der Waals surface area contributed by atoms with Gasteiger partial charge in [0.1, 0.15) is 5.75 Å². The molecule has 0 saturated carbocycles. The zero-order valence-corrected chi connectivity index (χ0v) is 7.36. The van der Waals surface area contributed by atoms with Crippen molar-refractivity contribution in [1.29, 1.82) is 0 Å². The summed E-state index contributed by atoms with van der Waals surface area (Å²) < 4.78 is 11.5. The minimum Gasteiger partial charge on any atom is -0.506 e. The van der Waals surface area contributed by atoms with Crippen molar-refractivity contribution in [2.45, 2.75) is 0 Å². The smallest absolute Gasteiger partial charge is 0.379 e. The highest BCUT2D eigenvalue weighted by molar-refractivity contribution is 5.94. The fourth-order valence-electron chi connectivity index (χ4n) is 0.940. The number of aromatic hydroxyl groups is 1. The van der Waals surface area contributed by atoms with E-state index in [1.54, 1.807) is 0 Å². The van der Waals surface area contributed by atoms with Crippen molar-refractivity contribution in [3.05, 3.63) is 23.8 Å². The van der Waals surface area contributed by atoms with E-state index in [0.717, 1.165) is 18.2 Å². The molecule has 0 aliphatic rings. The summed E-state index contributed by atoms with van der Waals surface area (Å²) in [6.07, 6.45) is 0. The SMILES string of the molecule is NC(=O)Nc1cc(C(=O)OF)ccc1O. The maximum Gasteiger partial charge on any atom is 0.379 e. The Kier molecular flexibility index (Phi) is 3.06. The summed E-state index contributed by atoms with van der Waals surface area (Å²) >= 11 is 0. The summed E-state index contributed by atoms with van der Waals surface area (Å²) in [5.74, 6) is -1.54. The van der Waals surface area contributed by atoms with Gasteiger partial charge in [0.2, 0.25) is 0 Å². The van der Waals surface area contributed by atoms with Gasteiger partial charge in [0.05, 0.1) is 11.3 Å². The number of nitrogens with two attached hydrogens (primary N) is 1. The molecule has 6 nitrogen and oxygen atoms in total. The fourth-order valence-corrected chi connectivity index (χ4v) is 0.940. The molecule has 0 bridgehead atoms. The molecule has 4 N–H and O–H groups in total. The summed E-state index contributed by atoms with van der Waals surface area (Å²) in [5, 5.41) is 11.3. The Morgan fingerprint density at radius 1 is 1.47 bits per heavy atom. The molecule has 0 atom stereocenters. The van der Waals surface area contributed by atoms with Crippen LogP contribution in [0.15, 0.2) is 18.2 Å². The first-order chi connectivity index (χ1) is 7.04. The second-order valence-corrected chi connectivity index (χ2v) is 2.59. The van der Waals surface area contributed by atoms with Crippen LogP contribution in [0.5, 0.6) is 5.75 Å². The quantitative estimate of drug-likeness (QED) is 0.637. The molecule has 80 valence electrons. The highest BCUT2D eigenvalue weighted by atomic mass is 19.3. The lowest BCUT2D eigenvalue weighted by Gasteiger charge is -2.05. The number of hydrogen-bond donors (Lipinski definition) is 3. The van der Waals surface area contributed by atoms with Gasteiger partial charge < -0.3 is 16.2 Å². The van der Waals surface area contributed by atoms with Crippen LogP contribution in [0.1, 0.15) is 10.4 Å². The second kappa shape index (κ2) is 4.27. The number of phenols is 1. The second-order valence-electron chi connectivity index (χ2n) is 2.59. The lowest BCUT2D eigenvalue weighted by molar-refractivity contribution is -0.0787. The van der Waals surface area contributed by atoms with Gasteiger partial charge in [-0.25, -0.2) is 14.5 Å². The van der Waals surface area contributed by atoms with E-state index in [4.69, 9.17) is 5.73 Å². The molecule has 0 saturated heterocycles. The van der Waals surface area contributed by atoms with E-state index in [1.807, 2.05) is 0 Å². The molecule has 15 heavy (non-hydrogen) atoms. The Labute approximate surface area is 83.3 Å². The van der Waals surface area contributed by atoms with Crippen molar-refractivity contribution < 1.29 is 24.2 Å². The third kappa shape index (κ3) is 2.56. The Balaban J connectivity index is 3.05. The number of amides is 2. The topological polar surface area (TPSA) is 102 Å². The van der Waals surface area contributed by atoms with E-state index in [1.165, 1.54) is 0 Å². The zero-order chi connectivity index (χ0) is 11.4. The molecule has 7 heteroatoms. The monoisotopic (exact) mass is 214 g/mol. The van der Waals surface area contributed by atoms with Crippen LogP contribution in [0.25, 0.3) is 0 Å². The molecule has 1 aromatic rings. The highest BCUT2D eigenvalue weighted by Crippen LogP contribution is 2.24. The molecule has 0 aliphatic carbocycles. The van der Waals surface area contributed by atoms with E-state index in [2.05, 4.69) is 10.3 Å². The van der Waals surface area contributed by atoms with Crippen LogP contribution >= 0.6 is 0 Å². The molecule has 2 amide bonds. The van der Waals surface area contributed by atoms with Gasteiger partial charge in [-0.3, -0.25) is 0 Å². The number of nitrogens with one attached hydrogen (secondary N) is 1. The molecule has 0 unspecified atom stereocenters. The van der Waals surface area contributed by atoms with Crippen molar-refractivity contribution in [3.8, 4) is 5.75 Å². The number of anilines is 1. The first kappa shape index (κ1) is 10.8. The third-order valence-electron chi connectivity index (χ3n) is 1.56. The maximum atomic E-state index is 11.5. The number of carbonyl (C=O) groups excluding carboxylic acids is 2. The summed E-state index contributed by atoms with van der Waals surface area (Å²) in [5.41, 5.74) is 4.53. The molecular formula is C8H7FN2O4. The first-order valence-corrected chi connectivity index (χ1v) is 3.77. The zero-order valence-electron chi connectivity index (χ0n) is 7.36. The number of hydrogen-bond acceptors (Lipinski definition) is 4. The van der Waals surface area contributed by atoms with Crippen LogP contribution in [0, 0.1) is 0 Å². The normalized spacial score (nSPS) is 9.40. The van der Waals surface area contributed by atoms with Gasteiger partial charge in [0, 0.05) is 4.53 Å². The molecule has 0 radical (unpaired) electrons. The van der Waals surface area contributed by atoms with Crippen LogP contribution in [0.3, 0.4) is 0 Å². The van der Waals surface area contributed by atoms with E-state index < -0.39 is 12.0 Å². The minimum atomic E-state index is -1.23. The molecule has 0 aromatic heterocycles. The van der Waals surface area contributed by atoms with E-state index in [0.29, 0.717) is 0 Å². The maximum absolute atomic E-state index is 11.5. The Bertz CT molecular complexity index is 408. The van der Waals surface area contributed by atoms with Gasteiger partial charge in [-0.05, 0) is 18.2 Å².